The maximum Gasteiger partial charge on any atom is 0.0767 e. The van der Waals surface area contributed by atoms with Crippen molar-refractivity contribution in [1.29, 1.82) is 0 Å². The van der Waals surface area contributed by atoms with Crippen LogP contribution in [-0.2, 0) is 12.8 Å². The second kappa shape index (κ2) is 3.77. The van der Waals surface area contributed by atoms with E-state index in [1.165, 1.54) is 40.7 Å². The zero-order chi connectivity index (χ0) is 11.9. The first-order chi connectivity index (χ1) is 8.93. The monoisotopic (exact) mass is 234 g/mol. The van der Waals surface area contributed by atoms with Crippen molar-refractivity contribution in [3.8, 4) is 11.3 Å². The Labute approximate surface area is 106 Å². The molecule has 0 unspecified atom stereocenters. The molecular formula is C16H14N2. The number of aromatic nitrogens is 2. The molecule has 0 N–H and O–H groups in total. The number of fused-ring (bicyclic) bond motifs is 5. The third-order valence-electron chi connectivity index (χ3n) is 3.88. The maximum atomic E-state index is 4.83. The third-order valence-corrected chi connectivity index (χ3v) is 3.88. The lowest BCUT2D eigenvalue weighted by atomic mass is 9.93. The predicted octanol–water partition coefficient (Wildman–Crippen LogP) is 3.61. The molecule has 0 aromatic heterocycles. The molecule has 0 saturated carbocycles. The number of nitrogens with zero attached hydrogens (tertiary/aromatic N) is 2. The zero-order valence-corrected chi connectivity index (χ0v) is 10.2. The van der Waals surface area contributed by atoms with Gasteiger partial charge < -0.3 is 0 Å². The van der Waals surface area contributed by atoms with Crippen LogP contribution in [-0.4, -0.2) is 9.97 Å². The van der Waals surface area contributed by atoms with Gasteiger partial charge in [-0.2, -0.15) is 0 Å². The Morgan fingerprint density at radius 2 is 1.83 bits per heavy atom. The Morgan fingerprint density at radius 3 is 2.83 bits per heavy atom. The summed E-state index contributed by atoms with van der Waals surface area (Å²) in [7, 11) is 0. The molecule has 2 heteroatoms. The van der Waals surface area contributed by atoms with Crippen molar-refractivity contribution in [2.24, 2.45) is 0 Å². The van der Waals surface area contributed by atoms with Crippen molar-refractivity contribution in [3.05, 3.63) is 47.8 Å². The number of aryl methyl sites for hydroxylation is 1. The molecule has 2 heterocycles. The van der Waals surface area contributed by atoms with Gasteiger partial charge in [0.05, 0.1) is 11.2 Å². The standard InChI is InChI=1S/C16H14N2/c1-4-8-15-11(5-1)12-9-10-17-14-7-3-2-6-13(14)16(12)18-15/h1,4-5,8-10H,2-3,6-7H2. The number of rotatable bonds is 0. The van der Waals surface area contributed by atoms with Crippen molar-refractivity contribution in [2.45, 2.75) is 25.7 Å². The lowest BCUT2D eigenvalue weighted by Gasteiger charge is -2.13. The molecule has 0 bridgehead atoms. The first-order valence-electron chi connectivity index (χ1n) is 6.59. The van der Waals surface area contributed by atoms with Gasteiger partial charge in [-0.25, -0.2) is 4.98 Å². The smallest absolute Gasteiger partial charge is 0.0767 e. The molecule has 0 fully saturated rings. The molecule has 18 heavy (non-hydrogen) atoms. The number of benzene rings is 1. The molecule has 88 valence electrons. The highest BCUT2D eigenvalue weighted by Crippen LogP contribution is 2.35. The summed E-state index contributed by atoms with van der Waals surface area (Å²) in [5.41, 5.74) is 6.15. The molecule has 2 aliphatic heterocycles. The molecule has 0 amide bonds. The van der Waals surface area contributed by atoms with Crippen LogP contribution >= 0.6 is 0 Å². The van der Waals surface area contributed by atoms with Crippen molar-refractivity contribution in [3.63, 3.8) is 0 Å². The maximum absolute atomic E-state index is 4.83. The summed E-state index contributed by atoms with van der Waals surface area (Å²) in [6.07, 6.45) is 6.68. The fraction of sp³-hybridized carbons (Fsp3) is 0.250. The fourth-order valence-electron chi connectivity index (χ4n) is 2.99. The average molecular weight is 234 g/mol. The van der Waals surface area contributed by atoms with E-state index in [0.717, 1.165) is 18.4 Å². The van der Waals surface area contributed by atoms with Crippen molar-refractivity contribution < 1.29 is 0 Å². The number of hydrogen-bond donors (Lipinski definition) is 0. The van der Waals surface area contributed by atoms with Crippen molar-refractivity contribution in [2.75, 3.05) is 0 Å². The summed E-state index contributed by atoms with van der Waals surface area (Å²) in [6.45, 7) is 0. The molecule has 3 aliphatic rings. The molecule has 0 atom stereocenters. The van der Waals surface area contributed by atoms with E-state index in [2.05, 4.69) is 35.3 Å². The van der Waals surface area contributed by atoms with Crippen molar-refractivity contribution in [1.82, 2.24) is 9.97 Å². The molecule has 2 nitrogen and oxygen atoms in total. The van der Waals surface area contributed by atoms with Crippen molar-refractivity contribution >= 4 is 10.9 Å². The number of hydrogen-bond acceptors (Lipinski definition) is 2. The Kier molecular flexibility index (Phi) is 2.10. The Bertz CT molecular complexity index is 703. The van der Waals surface area contributed by atoms with Gasteiger partial charge in [-0.05, 0) is 43.4 Å². The Morgan fingerprint density at radius 1 is 0.944 bits per heavy atom. The highest BCUT2D eigenvalue weighted by molar-refractivity contribution is 5.98. The molecule has 4 rings (SSSR count). The normalized spacial score (nSPS) is 14.9. The predicted molar refractivity (Wildman–Crippen MR) is 72.8 cm³/mol. The van der Waals surface area contributed by atoms with E-state index in [9.17, 15) is 0 Å². The van der Waals surface area contributed by atoms with Gasteiger partial charge in [0, 0.05) is 22.8 Å². The van der Waals surface area contributed by atoms with Crippen LogP contribution in [0.1, 0.15) is 24.1 Å². The van der Waals surface area contributed by atoms with Crippen LogP contribution in [0, 0.1) is 0 Å². The van der Waals surface area contributed by atoms with E-state index in [0.29, 0.717) is 0 Å². The van der Waals surface area contributed by atoms with Crippen LogP contribution in [0.3, 0.4) is 0 Å². The lowest BCUT2D eigenvalue weighted by molar-refractivity contribution is 0.671. The summed E-state index contributed by atoms with van der Waals surface area (Å²) in [5, 5.41) is 1.25. The second-order valence-electron chi connectivity index (χ2n) is 4.97. The summed E-state index contributed by atoms with van der Waals surface area (Å²) in [5.74, 6) is 0. The van der Waals surface area contributed by atoms with E-state index < -0.39 is 0 Å². The van der Waals surface area contributed by atoms with Gasteiger partial charge in [-0.1, -0.05) is 18.2 Å². The first kappa shape index (κ1) is 10.0. The van der Waals surface area contributed by atoms with Crippen LogP contribution in [0.4, 0.5) is 0 Å². The third kappa shape index (κ3) is 1.35. The Balaban J connectivity index is 2.12. The molecule has 0 saturated heterocycles. The van der Waals surface area contributed by atoms with E-state index in [-0.39, 0.29) is 0 Å². The molecule has 1 aromatic rings. The minimum Gasteiger partial charge on any atom is -0.261 e. The minimum atomic E-state index is 1.10. The van der Waals surface area contributed by atoms with Crippen LogP contribution in [0.2, 0.25) is 0 Å². The first-order valence-corrected chi connectivity index (χ1v) is 6.59. The SMILES string of the molecule is c1ccc2c3ccnc4c(c-3nc2c1)CCCC4. The minimum absolute atomic E-state index is 1.10. The molecular weight excluding hydrogens is 220 g/mol. The summed E-state index contributed by atoms with van der Waals surface area (Å²) in [6, 6.07) is 10.5. The lowest BCUT2D eigenvalue weighted by Crippen LogP contribution is -2.04. The van der Waals surface area contributed by atoms with Gasteiger partial charge >= 0.3 is 0 Å². The quantitative estimate of drug-likeness (QED) is 0.593. The van der Waals surface area contributed by atoms with Gasteiger partial charge in [-0.15, -0.1) is 0 Å². The molecule has 0 spiro atoms. The van der Waals surface area contributed by atoms with E-state index in [1.54, 1.807) is 0 Å². The highest BCUT2D eigenvalue weighted by Gasteiger charge is 2.19. The summed E-state index contributed by atoms with van der Waals surface area (Å²) in [4.78, 5) is 9.43. The van der Waals surface area contributed by atoms with E-state index >= 15 is 0 Å². The molecule has 0 radical (unpaired) electrons. The van der Waals surface area contributed by atoms with Gasteiger partial charge in [0.1, 0.15) is 0 Å². The zero-order valence-electron chi connectivity index (χ0n) is 10.2. The van der Waals surface area contributed by atoms with Crippen LogP contribution in [0.5, 0.6) is 0 Å². The van der Waals surface area contributed by atoms with Crippen LogP contribution in [0.15, 0.2) is 36.5 Å². The second-order valence-corrected chi connectivity index (χ2v) is 4.97. The Hall–Kier alpha value is -1.96. The summed E-state index contributed by atoms with van der Waals surface area (Å²) >= 11 is 0. The van der Waals surface area contributed by atoms with Gasteiger partial charge in [-0.3, -0.25) is 4.98 Å². The van der Waals surface area contributed by atoms with E-state index in [4.69, 9.17) is 4.98 Å². The molecule has 1 aromatic carbocycles. The van der Waals surface area contributed by atoms with Gasteiger partial charge in [0.15, 0.2) is 0 Å². The highest BCUT2D eigenvalue weighted by atomic mass is 14.8. The van der Waals surface area contributed by atoms with E-state index in [1.807, 2.05) is 6.20 Å². The average Bonchev–Trinajstić information content (AvgIpc) is 2.69. The van der Waals surface area contributed by atoms with Gasteiger partial charge in [0.2, 0.25) is 0 Å². The fourth-order valence-corrected chi connectivity index (χ4v) is 2.99. The van der Waals surface area contributed by atoms with Gasteiger partial charge in [0.25, 0.3) is 0 Å². The molecule has 1 aliphatic carbocycles. The topological polar surface area (TPSA) is 25.8 Å². The van der Waals surface area contributed by atoms with Crippen LogP contribution in [0.25, 0.3) is 22.2 Å². The summed E-state index contributed by atoms with van der Waals surface area (Å²) < 4.78 is 0. The van der Waals surface area contributed by atoms with Crippen LogP contribution < -0.4 is 0 Å². The number of para-hydroxylation sites is 1. The largest absolute Gasteiger partial charge is 0.261 e.